The molecule has 2 heterocycles. The van der Waals surface area contributed by atoms with Gasteiger partial charge in [0, 0.05) is 29.9 Å². The van der Waals surface area contributed by atoms with Gasteiger partial charge < -0.3 is 14.0 Å². The number of anilines is 1. The minimum atomic E-state index is -0.738. The second-order valence-electron chi connectivity index (χ2n) is 9.72. The van der Waals surface area contributed by atoms with Crippen molar-refractivity contribution in [2.75, 3.05) is 11.4 Å². The third kappa shape index (κ3) is 5.54. The van der Waals surface area contributed by atoms with Crippen LogP contribution in [-0.4, -0.2) is 22.8 Å². The van der Waals surface area contributed by atoms with Crippen molar-refractivity contribution in [3.63, 3.8) is 0 Å². The second kappa shape index (κ2) is 9.93. The SMILES string of the molecule is Cc1cc(OCc2ccc(F)cc2F)c(Cl)c(=O)n1Cc1ccc2c(c1)CCN2C(=O)OC(C)(C)C. The highest BCUT2D eigenvalue weighted by Crippen LogP contribution is 2.31. The number of rotatable bonds is 5. The van der Waals surface area contributed by atoms with E-state index < -0.39 is 22.8 Å². The molecular weight excluding hydrogens is 490 g/mol. The lowest BCUT2D eigenvalue weighted by Crippen LogP contribution is -2.35. The van der Waals surface area contributed by atoms with Crippen LogP contribution in [0.25, 0.3) is 0 Å². The van der Waals surface area contributed by atoms with E-state index in [-0.39, 0.29) is 35.6 Å². The highest BCUT2D eigenvalue weighted by molar-refractivity contribution is 6.31. The fourth-order valence-electron chi connectivity index (χ4n) is 4.05. The minimum Gasteiger partial charge on any atom is -0.487 e. The van der Waals surface area contributed by atoms with Crippen molar-refractivity contribution >= 4 is 23.4 Å². The molecule has 1 amide bonds. The molecule has 1 aliphatic rings. The van der Waals surface area contributed by atoms with Crippen LogP contribution in [0.5, 0.6) is 5.75 Å². The van der Waals surface area contributed by atoms with Crippen LogP contribution >= 0.6 is 11.6 Å². The van der Waals surface area contributed by atoms with Gasteiger partial charge in [0.05, 0.1) is 12.2 Å². The first-order valence-electron chi connectivity index (χ1n) is 11.5. The molecule has 0 unspecified atom stereocenters. The molecule has 190 valence electrons. The third-order valence-electron chi connectivity index (χ3n) is 5.81. The first-order valence-corrected chi connectivity index (χ1v) is 11.9. The molecule has 3 aromatic rings. The molecule has 0 atom stereocenters. The van der Waals surface area contributed by atoms with Gasteiger partial charge in [0.25, 0.3) is 5.56 Å². The van der Waals surface area contributed by atoms with Crippen LogP contribution in [0.3, 0.4) is 0 Å². The van der Waals surface area contributed by atoms with E-state index in [0.717, 1.165) is 28.9 Å². The number of hydrogen-bond acceptors (Lipinski definition) is 4. The first-order chi connectivity index (χ1) is 16.9. The van der Waals surface area contributed by atoms with Crippen LogP contribution in [0.1, 0.15) is 43.2 Å². The summed E-state index contributed by atoms with van der Waals surface area (Å²) in [6, 6.07) is 10.5. The van der Waals surface area contributed by atoms with Crippen LogP contribution in [0.4, 0.5) is 19.3 Å². The lowest BCUT2D eigenvalue weighted by atomic mass is 10.1. The summed E-state index contributed by atoms with van der Waals surface area (Å²) in [5.74, 6) is -1.30. The summed E-state index contributed by atoms with van der Waals surface area (Å²) in [6.07, 6.45) is 0.299. The number of pyridine rings is 1. The molecule has 0 fully saturated rings. The number of nitrogens with zero attached hydrogens (tertiary/aromatic N) is 2. The van der Waals surface area contributed by atoms with Gasteiger partial charge in [-0.3, -0.25) is 9.69 Å². The van der Waals surface area contributed by atoms with Crippen molar-refractivity contribution in [2.24, 2.45) is 0 Å². The number of hydrogen-bond donors (Lipinski definition) is 0. The van der Waals surface area contributed by atoms with Crippen molar-refractivity contribution in [3.05, 3.63) is 91.9 Å². The Balaban J connectivity index is 1.51. The quantitative estimate of drug-likeness (QED) is 0.416. The number of ether oxygens (including phenoxy) is 2. The third-order valence-corrected chi connectivity index (χ3v) is 6.16. The zero-order valence-corrected chi connectivity index (χ0v) is 21.3. The number of aryl methyl sites for hydroxylation is 1. The molecule has 6 nitrogen and oxygen atoms in total. The molecule has 1 aromatic heterocycles. The zero-order chi connectivity index (χ0) is 26.2. The molecule has 1 aliphatic heterocycles. The van der Waals surface area contributed by atoms with E-state index in [0.29, 0.717) is 18.7 Å². The highest BCUT2D eigenvalue weighted by Gasteiger charge is 2.29. The summed E-state index contributed by atoms with van der Waals surface area (Å²) < 4.78 is 39.6. The predicted molar refractivity (Wildman–Crippen MR) is 134 cm³/mol. The highest BCUT2D eigenvalue weighted by atomic mass is 35.5. The first kappa shape index (κ1) is 25.7. The predicted octanol–water partition coefficient (Wildman–Crippen LogP) is 6.01. The lowest BCUT2D eigenvalue weighted by Gasteiger charge is -2.24. The summed E-state index contributed by atoms with van der Waals surface area (Å²) in [7, 11) is 0. The topological polar surface area (TPSA) is 60.8 Å². The largest absolute Gasteiger partial charge is 0.487 e. The Morgan fingerprint density at radius 2 is 1.86 bits per heavy atom. The van der Waals surface area contributed by atoms with E-state index in [1.165, 1.54) is 10.6 Å². The molecule has 0 radical (unpaired) electrons. The standard InChI is InChI=1S/C27H27ClF2N2O4/c1-16-11-23(35-15-19-6-7-20(29)13-21(19)30)24(28)25(33)32(16)14-17-5-8-22-18(12-17)9-10-31(22)26(34)36-27(2,3)4/h5-8,11-13H,9-10,14-15H2,1-4H3. The van der Waals surface area contributed by atoms with E-state index >= 15 is 0 Å². The Labute approximate surface area is 213 Å². The molecule has 36 heavy (non-hydrogen) atoms. The van der Waals surface area contributed by atoms with E-state index in [2.05, 4.69) is 0 Å². The van der Waals surface area contributed by atoms with Gasteiger partial charge in [-0.25, -0.2) is 13.6 Å². The zero-order valence-electron chi connectivity index (χ0n) is 20.5. The molecule has 0 spiro atoms. The number of carbonyl (C=O) groups excluding carboxylic acids is 1. The van der Waals surface area contributed by atoms with Crippen LogP contribution in [0, 0.1) is 18.6 Å². The monoisotopic (exact) mass is 516 g/mol. The molecule has 9 heteroatoms. The molecule has 0 N–H and O–H groups in total. The summed E-state index contributed by atoms with van der Waals surface area (Å²) in [4.78, 5) is 27.2. The van der Waals surface area contributed by atoms with Crippen molar-refractivity contribution in [1.82, 2.24) is 4.57 Å². The summed E-state index contributed by atoms with van der Waals surface area (Å²) in [5.41, 5.74) is 2.40. The maximum atomic E-state index is 13.9. The summed E-state index contributed by atoms with van der Waals surface area (Å²) in [5, 5.41) is -0.125. The molecule has 0 saturated carbocycles. The Kier molecular flexibility index (Phi) is 7.09. The summed E-state index contributed by atoms with van der Waals surface area (Å²) >= 11 is 6.30. The van der Waals surface area contributed by atoms with Gasteiger partial charge in [-0.1, -0.05) is 23.7 Å². The molecule has 0 bridgehead atoms. The van der Waals surface area contributed by atoms with E-state index in [9.17, 15) is 18.4 Å². The Hall–Kier alpha value is -3.39. The average molecular weight is 517 g/mol. The smallest absolute Gasteiger partial charge is 0.414 e. The molecule has 2 aromatic carbocycles. The van der Waals surface area contributed by atoms with Crippen molar-refractivity contribution in [1.29, 1.82) is 0 Å². The fraction of sp³-hybridized carbons (Fsp3) is 0.333. The number of carbonyl (C=O) groups is 1. The molecule has 0 aliphatic carbocycles. The van der Waals surface area contributed by atoms with E-state index in [1.54, 1.807) is 17.9 Å². The van der Waals surface area contributed by atoms with Gasteiger partial charge in [0.15, 0.2) is 0 Å². The van der Waals surface area contributed by atoms with Crippen LogP contribution in [0.15, 0.2) is 47.3 Å². The van der Waals surface area contributed by atoms with E-state index in [4.69, 9.17) is 21.1 Å². The molecule has 4 rings (SSSR count). The number of halogens is 3. The minimum absolute atomic E-state index is 0.125. The van der Waals surface area contributed by atoms with Crippen molar-refractivity contribution in [3.8, 4) is 5.75 Å². The Morgan fingerprint density at radius 1 is 1.11 bits per heavy atom. The molecular formula is C27H27ClF2N2O4. The Bertz CT molecular complexity index is 1380. The number of aromatic nitrogens is 1. The number of amides is 1. The molecule has 0 saturated heterocycles. The summed E-state index contributed by atoms with van der Waals surface area (Å²) in [6.45, 7) is 7.83. The van der Waals surface area contributed by atoms with Gasteiger partial charge in [0.2, 0.25) is 0 Å². The van der Waals surface area contributed by atoms with Crippen LogP contribution in [0.2, 0.25) is 5.02 Å². The van der Waals surface area contributed by atoms with Crippen LogP contribution in [-0.2, 0) is 24.3 Å². The van der Waals surface area contributed by atoms with Gasteiger partial charge in [-0.15, -0.1) is 0 Å². The van der Waals surface area contributed by atoms with Crippen LogP contribution < -0.4 is 15.2 Å². The fourth-order valence-corrected chi connectivity index (χ4v) is 4.26. The number of benzene rings is 2. The maximum absolute atomic E-state index is 13.9. The van der Waals surface area contributed by atoms with E-state index in [1.807, 2.05) is 39.0 Å². The lowest BCUT2D eigenvalue weighted by molar-refractivity contribution is 0.0584. The van der Waals surface area contributed by atoms with Gasteiger partial charge in [0.1, 0.15) is 34.6 Å². The number of fused-ring (bicyclic) bond motifs is 1. The Morgan fingerprint density at radius 3 is 2.56 bits per heavy atom. The van der Waals surface area contributed by atoms with Gasteiger partial charge in [-0.05, 0) is 63.4 Å². The van der Waals surface area contributed by atoms with Crippen molar-refractivity contribution < 1.29 is 23.0 Å². The van der Waals surface area contributed by atoms with Gasteiger partial charge >= 0.3 is 6.09 Å². The maximum Gasteiger partial charge on any atom is 0.414 e. The van der Waals surface area contributed by atoms with Crippen molar-refractivity contribution in [2.45, 2.75) is 52.9 Å². The second-order valence-corrected chi connectivity index (χ2v) is 10.1. The average Bonchev–Trinajstić information content (AvgIpc) is 3.21. The van der Waals surface area contributed by atoms with Gasteiger partial charge in [-0.2, -0.15) is 0 Å². The normalized spacial score (nSPS) is 13.0.